The van der Waals surface area contributed by atoms with E-state index in [0.717, 1.165) is 32.0 Å². The number of thiazole rings is 1. The zero-order valence-corrected chi connectivity index (χ0v) is 13.6. The third-order valence-electron chi connectivity index (χ3n) is 3.19. The quantitative estimate of drug-likeness (QED) is 0.565. The normalized spacial score (nSPS) is 10.6. The van der Waals surface area contributed by atoms with Crippen molar-refractivity contribution < 1.29 is 0 Å². The number of hydrogen-bond donors (Lipinski definition) is 1. The number of nitrogens with zero attached hydrogens (tertiary/aromatic N) is 3. The van der Waals surface area contributed by atoms with Gasteiger partial charge in [-0.05, 0) is 36.4 Å². The molecular weight excluding hydrogens is 324 g/mol. The second kappa shape index (κ2) is 6.28. The van der Waals surface area contributed by atoms with Crippen LogP contribution in [0.4, 0.5) is 10.8 Å². The number of anilines is 2. The van der Waals surface area contributed by atoms with Gasteiger partial charge in [0.25, 0.3) is 0 Å². The minimum Gasteiger partial charge on any atom is -0.330 e. The molecule has 0 bridgehead atoms. The summed E-state index contributed by atoms with van der Waals surface area (Å²) in [6, 6.07) is 14.0. The molecule has 0 fully saturated rings. The molecule has 0 amide bonds. The maximum atomic E-state index is 4.65. The van der Waals surface area contributed by atoms with Crippen molar-refractivity contribution in [2.24, 2.45) is 0 Å². The van der Waals surface area contributed by atoms with Gasteiger partial charge in [-0.3, -0.25) is 9.97 Å². The largest absolute Gasteiger partial charge is 0.330 e. The molecule has 4 nitrogen and oxygen atoms in total. The van der Waals surface area contributed by atoms with Crippen molar-refractivity contribution in [2.45, 2.75) is 0 Å². The first kappa shape index (κ1) is 14.0. The molecular formula is C17H12N4S2. The molecule has 112 valence electrons. The zero-order chi connectivity index (χ0) is 15.5. The van der Waals surface area contributed by atoms with E-state index in [2.05, 4.69) is 37.8 Å². The number of thiophene rings is 1. The van der Waals surface area contributed by atoms with Crippen LogP contribution >= 0.6 is 22.7 Å². The van der Waals surface area contributed by atoms with Gasteiger partial charge < -0.3 is 5.32 Å². The Morgan fingerprint density at radius 1 is 0.870 bits per heavy atom. The monoisotopic (exact) mass is 336 g/mol. The summed E-state index contributed by atoms with van der Waals surface area (Å²) in [6.45, 7) is 0. The Kier molecular flexibility index (Phi) is 3.83. The highest BCUT2D eigenvalue weighted by atomic mass is 32.1. The number of rotatable bonds is 4. The molecule has 23 heavy (non-hydrogen) atoms. The molecule has 0 atom stereocenters. The van der Waals surface area contributed by atoms with Crippen LogP contribution in [0.1, 0.15) is 0 Å². The molecule has 0 aromatic carbocycles. The van der Waals surface area contributed by atoms with E-state index in [-0.39, 0.29) is 0 Å². The van der Waals surface area contributed by atoms with Crippen LogP contribution < -0.4 is 5.32 Å². The van der Waals surface area contributed by atoms with Gasteiger partial charge in [0.1, 0.15) is 0 Å². The standard InChI is InChI=1S/C17H12N4S2/c1-2-9-19-13(5-1)15-6-7-16(23-15)14-11-22-17(21-14)20-12-4-3-8-18-10-12/h1-11H,(H,20,21). The molecule has 0 saturated heterocycles. The Morgan fingerprint density at radius 3 is 2.57 bits per heavy atom. The Balaban J connectivity index is 1.56. The molecule has 6 heteroatoms. The number of nitrogens with one attached hydrogen (secondary N) is 1. The Bertz CT molecular complexity index is 901. The average Bonchev–Trinajstić information content (AvgIpc) is 3.26. The summed E-state index contributed by atoms with van der Waals surface area (Å²) in [5.41, 5.74) is 2.91. The van der Waals surface area contributed by atoms with Crippen molar-refractivity contribution in [3.05, 3.63) is 66.4 Å². The smallest absolute Gasteiger partial charge is 0.187 e. The van der Waals surface area contributed by atoms with E-state index in [1.165, 1.54) is 0 Å². The lowest BCUT2D eigenvalue weighted by atomic mass is 10.3. The highest BCUT2D eigenvalue weighted by Gasteiger charge is 2.09. The summed E-state index contributed by atoms with van der Waals surface area (Å²) in [5.74, 6) is 0. The van der Waals surface area contributed by atoms with Crippen LogP contribution in [0.25, 0.3) is 21.1 Å². The molecule has 1 N–H and O–H groups in total. The maximum Gasteiger partial charge on any atom is 0.187 e. The van der Waals surface area contributed by atoms with Crippen molar-refractivity contribution >= 4 is 33.5 Å². The van der Waals surface area contributed by atoms with Crippen molar-refractivity contribution in [1.82, 2.24) is 15.0 Å². The lowest BCUT2D eigenvalue weighted by Crippen LogP contribution is -1.89. The first-order valence-electron chi connectivity index (χ1n) is 7.03. The van der Waals surface area contributed by atoms with Crippen molar-refractivity contribution in [2.75, 3.05) is 5.32 Å². The van der Waals surface area contributed by atoms with E-state index < -0.39 is 0 Å². The van der Waals surface area contributed by atoms with Gasteiger partial charge in [-0.15, -0.1) is 22.7 Å². The summed E-state index contributed by atoms with van der Waals surface area (Å²) in [6.07, 6.45) is 5.35. The van der Waals surface area contributed by atoms with E-state index in [1.54, 1.807) is 35.1 Å². The van der Waals surface area contributed by atoms with Crippen LogP contribution in [0.15, 0.2) is 66.4 Å². The highest BCUT2D eigenvalue weighted by Crippen LogP contribution is 2.35. The van der Waals surface area contributed by atoms with Gasteiger partial charge in [0, 0.05) is 17.8 Å². The fraction of sp³-hybridized carbons (Fsp3) is 0. The number of pyridine rings is 2. The molecule has 4 aromatic heterocycles. The third-order valence-corrected chi connectivity index (χ3v) is 5.08. The lowest BCUT2D eigenvalue weighted by Gasteiger charge is -1.99. The number of hydrogen-bond acceptors (Lipinski definition) is 6. The van der Waals surface area contributed by atoms with Gasteiger partial charge in [0.05, 0.1) is 33.0 Å². The Hall–Kier alpha value is -2.57. The molecule has 0 spiro atoms. The van der Waals surface area contributed by atoms with Gasteiger partial charge in [-0.2, -0.15) is 0 Å². The van der Waals surface area contributed by atoms with Crippen LogP contribution in [-0.4, -0.2) is 15.0 Å². The first-order chi connectivity index (χ1) is 11.4. The highest BCUT2D eigenvalue weighted by molar-refractivity contribution is 7.19. The van der Waals surface area contributed by atoms with Gasteiger partial charge in [-0.1, -0.05) is 6.07 Å². The summed E-state index contributed by atoms with van der Waals surface area (Å²) in [5, 5.41) is 6.19. The van der Waals surface area contributed by atoms with Crippen molar-refractivity contribution in [1.29, 1.82) is 0 Å². The molecule has 0 aliphatic rings. The van der Waals surface area contributed by atoms with E-state index in [4.69, 9.17) is 0 Å². The second-order valence-electron chi connectivity index (χ2n) is 4.78. The van der Waals surface area contributed by atoms with E-state index in [1.807, 2.05) is 36.5 Å². The molecule has 0 aliphatic heterocycles. The molecule has 4 aromatic rings. The van der Waals surface area contributed by atoms with E-state index in [9.17, 15) is 0 Å². The first-order valence-corrected chi connectivity index (χ1v) is 8.72. The number of aromatic nitrogens is 3. The second-order valence-corrected chi connectivity index (χ2v) is 6.73. The molecule has 4 rings (SSSR count). The van der Waals surface area contributed by atoms with Gasteiger partial charge in [0.2, 0.25) is 0 Å². The van der Waals surface area contributed by atoms with Crippen LogP contribution in [0.2, 0.25) is 0 Å². The maximum absolute atomic E-state index is 4.65. The zero-order valence-electron chi connectivity index (χ0n) is 12.0. The van der Waals surface area contributed by atoms with Crippen molar-refractivity contribution in [3.8, 4) is 21.1 Å². The summed E-state index contributed by atoms with van der Waals surface area (Å²) < 4.78 is 0. The van der Waals surface area contributed by atoms with E-state index >= 15 is 0 Å². The fourth-order valence-electron chi connectivity index (χ4n) is 2.13. The van der Waals surface area contributed by atoms with Crippen LogP contribution in [0, 0.1) is 0 Å². The molecule has 4 heterocycles. The Labute approximate surface area is 141 Å². The molecule has 0 saturated carbocycles. The average molecular weight is 336 g/mol. The third kappa shape index (κ3) is 3.13. The van der Waals surface area contributed by atoms with E-state index in [0.29, 0.717) is 0 Å². The molecule has 0 aliphatic carbocycles. The summed E-state index contributed by atoms with van der Waals surface area (Å²) in [4.78, 5) is 15.4. The molecule has 0 unspecified atom stereocenters. The Morgan fingerprint density at radius 2 is 1.78 bits per heavy atom. The van der Waals surface area contributed by atoms with Crippen molar-refractivity contribution in [3.63, 3.8) is 0 Å². The van der Waals surface area contributed by atoms with Gasteiger partial charge in [0.15, 0.2) is 5.13 Å². The van der Waals surface area contributed by atoms with Gasteiger partial charge >= 0.3 is 0 Å². The minimum absolute atomic E-state index is 0.862. The van der Waals surface area contributed by atoms with Crippen LogP contribution in [-0.2, 0) is 0 Å². The lowest BCUT2D eigenvalue weighted by molar-refractivity contribution is 1.31. The predicted octanol–water partition coefficient (Wildman–Crippen LogP) is 5.07. The van der Waals surface area contributed by atoms with Gasteiger partial charge in [-0.25, -0.2) is 4.98 Å². The topological polar surface area (TPSA) is 50.7 Å². The fourth-order valence-corrected chi connectivity index (χ4v) is 3.88. The predicted molar refractivity (Wildman–Crippen MR) is 96.2 cm³/mol. The van der Waals surface area contributed by atoms with Crippen LogP contribution in [0.5, 0.6) is 0 Å². The summed E-state index contributed by atoms with van der Waals surface area (Å²) in [7, 11) is 0. The SMILES string of the molecule is c1ccc(-c2ccc(-c3csc(Nc4cccnc4)n3)s2)nc1. The molecule has 0 radical (unpaired) electrons. The van der Waals surface area contributed by atoms with Crippen LogP contribution in [0.3, 0.4) is 0 Å². The summed E-state index contributed by atoms with van der Waals surface area (Å²) >= 11 is 3.29. The minimum atomic E-state index is 0.862.